The number of anilines is 1. The van der Waals surface area contributed by atoms with Crippen LogP contribution < -0.4 is 5.32 Å². The molecule has 0 aliphatic carbocycles. The second-order valence-corrected chi connectivity index (χ2v) is 7.19. The molecule has 1 aromatic heterocycles. The minimum atomic E-state index is -0.871. The largest absolute Gasteiger partial charge is 0.470 e. The first-order valence-electron chi connectivity index (χ1n) is 7.95. The summed E-state index contributed by atoms with van der Waals surface area (Å²) in [6.45, 7) is 3.08. The van der Waals surface area contributed by atoms with Gasteiger partial charge in [-0.3, -0.25) is 9.59 Å². The quantitative estimate of drug-likeness (QED) is 0.478. The van der Waals surface area contributed by atoms with Gasteiger partial charge in [-0.15, -0.1) is 11.3 Å². The third-order valence-corrected chi connectivity index (χ3v) is 4.73. The zero-order valence-corrected chi connectivity index (χ0v) is 15.1. The smallest absolute Gasteiger partial charge is 0.347 e. The summed E-state index contributed by atoms with van der Waals surface area (Å²) in [7, 11) is 0. The molecule has 0 fully saturated rings. The van der Waals surface area contributed by atoms with Gasteiger partial charge in [0.05, 0.1) is 0 Å². The summed E-state index contributed by atoms with van der Waals surface area (Å²) < 4.78 is 10.3. The predicted molar refractivity (Wildman–Crippen MR) is 97.1 cm³/mol. The Hall–Kier alpha value is -2.93. The summed E-state index contributed by atoms with van der Waals surface area (Å²) in [6, 6.07) is 10.8. The Morgan fingerprint density at radius 1 is 1.23 bits per heavy atom. The molecular weight excluding hydrogens is 354 g/mol. The normalized spacial score (nSPS) is 13.5. The van der Waals surface area contributed by atoms with E-state index in [-0.39, 0.29) is 23.8 Å². The zero-order chi connectivity index (χ0) is 18.7. The number of thiophene rings is 1. The molecule has 0 amide bonds. The number of esters is 1. The number of carbonyl (C=O) groups excluding carboxylic acids is 3. The lowest BCUT2D eigenvalue weighted by atomic mass is 10.1. The summed E-state index contributed by atoms with van der Waals surface area (Å²) >= 11 is 1.50. The van der Waals surface area contributed by atoms with Crippen molar-refractivity contribution in [2.24, 2.45) is 0 Å². The number of Topliss-reactive ketones (excluding diaryl/α,β-unsaturated/α-hetero) is 2. The van der Waals surface area contributed by atoms with Crippen LogP contribution in [0.3, 0.4) is 0 Å². The Balaban J connectivity index is 1.70. The van der Waals surface area contributed by atoms with Crippen LogP contribution in [0.4, 0.5) is 5.69 Å². The van der Waals surface area contributed by atoms with Crippen molar-refractivity contribution in [1.82, 2.24) is 0 Å². The third kappa shape index (κ3) is 3.83. The highest BCUT2D eigenvalue weighted by molar-refractivity contribution is 7.12. The van der Waals surface area contributed by atoms with E-state index >= 15 is 0 Å². The van der Waals surface area contributed by atoms with Gasteiger partial charge in [0.1, 0.15) is 0 Å². The molecule has 1 aromatic carbocycles. The number of aryl methyl sites for hydroxylation is 2. The second kappa shape index (κ2) is 7.53. The first-order valence-corrected chi connectivity index (χ1v) is 8.77. The minimum Gasteiger partial charge on any atom is -0.470 e. The fourth-order valence-corrected chi connectivity index (χ4v) is 3.50. The zero-order valence-electron chi connectivity index (χ0n) is 14.3. The van der Waals surface area contributed by atoms with Gasteiger partial charge in [-0.25, -0.2) is 4.79 Å². The van der Waals surface area contributed by atoms with Crippen LogP contribution in [0.2, 0.25) is 0 Å². The van der Waals surface area contributed by atoms with Gasteiger partial charge in [0.2, 0.25) is 17.4 Å². The van der Waals surface area contributed by atoms with Crippen LogP contribution >= 0.6 is 11.3 Å². The first-order chi connectivity index (χ1) is 12.5. The second-order valence-electron chi connectivity index (χ2n) is 5.73. The predicted octanol–water partition coefficient (Wildman–Crippen LogP) is 3.01. The van der Waals surface area contributed by atoms with Gasteiger partial charge in [-0.05, 0) is 32.0 Å². The van der Waals surface area contributed by atoms with Crippen molar-refractivity contribution in [3.05, 3.63) is 63.2 Å². The molecule has 3 rings (SSSR count). The molecule has 0 spiro atoms. The summed E-state index contributed by atoms with van der Waals surface area (Å²) in [5, 5.41) is 2.89. The van der Waals surface area contributed by atoms with Gasteiger partial charge in [0.25, 0.3) is 0 Å². The molecule has 0 saturated heterocycles. The third-order valence-electron chi connectivity index (χ3n) is 3.77. The molecule has 6 nitrogen and oxygen atoms in total. The maximum Gasteiger partial charge on any atom is 0.347 e. The molecule has 1 N–H and O–H groups in total. The van der Waals surface area contributed by atoms with Gasteiger partial charge in [-0.2, -0.15) is 0 Å². The van der Waals surface area contributed by atoms with Crippen LogP contribution in [0.5, 0.6) is 0 Å². The van der Waals surface area contributed by atoms with Crippen LogP contribution in [0.15, 0.2) is 47.9 Å². The van der Waals surface area contributed by atoms with Gasteiger partial charge in [0, 0.05) is 21.0 Å². The molecule has 1 aliphatic rings. The molecule has 2 heterocycles. The van der Waals surface area contributed by atoms with Crippen LogP contribution in [0.25, 0.3) is 0 Å². The van der Waals surface area contributed by atoms with Crippen LogP contribution in [-0.4, -0.2) is 30.7 Å². The lowest BCUT2D eigenvalue weighted by Crippen LogP contribution is -2.20. The number of hydrogen-bond donors (Lipinski definition) is 1. The fourth-order valence-electron chi connectivity index (χ4n) is 2.56. The molecule has 7 heteroatoms. The molecule has 0 radical (unpaired) electrons. The number of carbonyl (C=O) groups is 3. The van der Waals surface area contributed by atoms with Gasteiger partial charge >= 0.3 is 5.97 Å². The van der Waals surface area contributed by atoms with Crippen LogP contribution in [-0.2, 0) is 19.1 Å². The van der Waals surface area contributed by atoms with E-state index in [4.69, 9.17) is 9.47 Å². The van der Waals surface area contributed by atoms with E-state index in [2.05, 4.69) is 5.32 Å². The van der Waals surface area contributed by atoms with Crippen molar-refractivity contribution in [2.75, 3.05) is 18.5 Å². The average molecular weight is 371 g/mol. The highest BCUT2D eigenvalue weighted by Gasteiger charge is 2.33. The number of ether oxygens (including phenoxy) is 2. The van der Waals surface area contributed by atoms with Crippen molar-refractivity contribution in [3.63, 3.8) is 0 Å². The Bertz CT molecular complexity index is 898. The average Bonchev–Trinajstić information content (AvgIpc) is 3.15. The van der Waals surface area contributed by atoms with Crippen molar-refractivity contribution in [2.45, 2.75) is 13.8 Å². The lowest BCUT2D eigenvalue weighted by molar-refractivity contribution is -0.139. The number of para-hydroxylation sites is 1. The molecule has 26 heavy (non-hydrogen) atoms. The highest BCUT2D eigenvalue weighted by Crippen LogP contribution is 2.22. The minimum absolute atomic E-state index is 0.0428. The SMILES string of the molecule is Cc1cc(C(=O)COC(=O)C2=C(Nc3ccccc3)OCC2=O)c(C)s1. The fraction of sp³-hybridized carbons (Fsp3) is 0.211. The molecule has 0 bridgehead atoms. The van der Waals surface area contributed by atoms with Crippen molar-refractivity contribution in [1.29, 1.82) is 0 Å². The highest BCUT2D eigenvalue weighted by atomic mass is 32.1. The van der Waals surface area contributed by atoms with E-state index < -0.39 is 18.4 Å². The Morgan fingerprint density at radius 2 is 1.96 bits per heavy atom. The van der Waals surface area contributed by atoms with E-state index in [1.807, 2.05) is 32.0 Å². The number of ketones is 2. The Morgan fingerprint density at radius 3 is 2.62 bits per heavy atom. The Labute approximate surface area is 154 Å². The van der Waals surface area contributed by atoms with Crippen LogP contribution in [0.1, 0.15) is 20.1 Å². The van der Waals surface area contributed by atoms with Gasteiger partial charge in [-0.1, -0.05) is 18.2 Å². The molecule has 1 aliphatic heterocycles. The molecule has 0 atom stereocenters. The topological polar surface area (TPSA) is 81.7 Å². The summed E-state index contributed by atoms with van der Waals surface area (Å²) in [6.07, 6.45) is 0. The van der Waals surface area contributed by atoms with Gasteiger partial charge in [0.15, 0.2) is 18.8 Å². The number of hydrogen-bond acceptors (Lipinski definition) is 7. The van der Waals surface area contributed by atoms with E-state index in [1.54, 1.807) is 18.2 Å². The van der Waals surface area contributed by atoms with E-state index in [0.29, 0.717) is 11.3 Å². The van der Waals surface area contributed by atoms with Gasteiger partial charge < -0.3 is 14.8 Å². The Kier molecular flexibility index (Phi) is 5.18. The maximum absolute atomic E-state index is 12.3. The van der Waals surface area contributed by atoms with Crippen molar-refractivity contribution < 1.29 is 23.9 Å². The van der Waals surface area contributed by atoms with Crippen molar-refractivity contribution in [3.8, 4) is 0 Å². The lowest BCUT2D eigenvalue weighted by Gasteiger charge is -2.08. The molecule has 134 valence electrons. The van der Waals surface area contributed by atoms with Crippen LogP contribution in [0, 0.1) is 13.8 Å². The molecule has 0 unspecified atom stereocenters. The number of benzene rings is 1. The standard InChI is InChI=1S/C19H17NO5S/c1-11-8-14(12(2)26-11)15(21)9-25-19(23)17-16(22)10-24-18(17)20-13-6-4-3-5-7-13/h3-8,20H,9-10H2,1-2H3. The summed E-state index contributed by atoms with van der Waals surface area (Å²) in [5.74, 6) is -1.61. The van der Waals surface area contributed by atoms with E-state index in [0.717, 1.165) is 9.75 Å². The summed E-state index contributed by atoms with van der Waals surface area (Å²) in [4.78, 5) is 38.4. The molecule has 0 saturated carbocycles. The number of rotatable bonds is 6. The summed E-state index contributed by atoms with van der Waals surface area (Å²) in [5.41, 5.74) is 0.994. The molecular formula is C19H17NO5S. The first kappa shape index (κ1) is 17.9. The van der Waals surface area contributed by atoms with E-state index in [1.165, 1.54) is 11.3 Å². The monoisotopic (exact) mass is 371 g/mol. The van der Waals surface area contributed by atoms with E-state index in [9.17, 15) is 14.4 Å². The molecule has 2 aromatic rings. The number of nitrogens with one attached hydrogen (secondary N) is 1. The van der Waals surface area contributed by atoms with Crippen molar-refractivity contribution >= 4 is 34.6 Å². The maximum atomic E-state index is 12.3.